The van der Waals surface area contributed by atoms with E-state index in [0.29, 0.717) is 19.0 Å². The maximum atomic E-state index is 12.2. The van der Waals surface area contributed by atoms with Gasteiger partial charge < -0.3 is 15.7 Å². The third-order valence-electron chi connectivity index (χ3n) is 3.53. The Balaban J connectivity index is 2.56. The summed E-state index contributed by atoms with van der Waals surface area (Å²) in [5, 5.41) is 8.85. The molecule has 0 aromatic rings. The topological polar surface area (TPSA) is 66.6 Å². The molecule has 1 amide bonds. The number of nitrogens with two attached hydrogens (primary N) is 1. The Labute approximate surface area is 97.8 Å². The van der Waals surface area contributed by atoms with Crippen LogP contribution in [0.3, 0.4) is 0 Å². The maximum Gasteiger partial charge on any atom is 0.227 e. The van der Waals surface area contributed by atoms with Crippen molar-refractivity contribution in [3.05, 3.63) is 0 Å². The van der Waals surface area contributed by atoms with E-state index >= 15 is 0 Å². The molecule has 0 aromatic carbocycles. The summed E-state index contributed by atoms with van der Waals surface area (Å²) in [6.45, 7) is 4.56. The zero-order valence-corrected chi connectivity index (χ0v) is 10.4. The van der Waals surface area contributed by atoms with Crippen molar-refractivity contribution in [3.63, 3.8) is 0 Å². The van der Waals surface area contributed by atoms with Crippen molar-refractivity contribution in [1.29, 1.82) is 0 Å². The van der Waals surface area contributed by atoms with Crippen molar-refractivity contribution in [1.82, 2.24) is 4.90 Å². The number of aliphatic hydroxyl groups excluding tert-OH is 1. The van der Waals surface area contributed by atoms with Gasteiger partial charge in [-0.1, -0.05) is 6.92 Å². The smallest absolute Gasteiger partial charge is 0.227 e. The Bertz CT molecular complexity index is 227. The molecule has 1 saturated carbocycles. The van der Waals surface area contributed by atoms with Gasteiger partial charge >= 0.3 is 0 Å². The molecular formula is C12H24N2O2. The summed E-state index contributed by atoms with van der Waals surface area (Å²) in [7, 11) is 0. The molecule has 94 valence electrons. The molecule has 1 rings (SSSR count). The van der Waals surface area contributed by atoms with Gasteiger partial charge in [-0.2, -0.15) is 0 Å². The quantitative estimate of drug-likeness (QED) is 0.704. The summed E-state index contributed by atoms with van der Waals surface area (Å²) in [5.74, 6) is 0.0208. The Kier molecular flexibility index (Phi) is 5.22. The number of hydrogen-bond donors (Lipinski definition) is 2. The lowest BCUT2D eigenvalue weighted by atomic mass is 9.89. The van der Waals surface area contributed by atoms with Crippen LogP contribution in [0.2, 0.25) is 0 Å². The molecule has 0 aromatic heterocycles. The van der Waals surface area contributed by atoms with Gasteiger partial charge in [-0.3, -0.25) is 4.79 Å². The van der Waals surface area contributed by atoms with Gasteiger partial charge in [0.1, 0.15) is 0 Å². The van der Waals surface area contributed by atoms with Crippen LogP contribution in [-0.4, -0.2) is 41.1 Å². The molecule has 1 aliphatic rings. The fourth-order valence-electron chi connectivity index (χ4n) is 1.90. The molecule has 0 bridgehead atoms. The van der Waals surface area contributed by atoms with Gasteiger partial charge in [0.2, 0.25) is 5.91 Å². The van der Waals surface area contributed by atoms with Gasteiger partial charge in [-0.15, -0.1) is 0 Å². The van der Waals surface area contributed by atoms with Crippen LogP contribution < -0.4 is 5.73 Å². The van der Waals surface area contributed by atoms with Gasteiger partial charge in [-0.05, 0) is 32.6 Å². The average Bonchev–Trinajstić information content (AvgIpc) is 2.18. The lowest BCUT2D eigenvalue weighted by Gasteiger charge is -2.39. The molecular weight excluding hydrogens is 204 g/mol. The van der Waals surface area contributed by atoms with Crippen LogP contribution in [0.4, 0.5) is 0 Å². The van der Waals surface area contributed by atoms with Crippen molar-refractivity contribution in [2.75, 3.05) is 13.2 Å². The van der Waals surface area contributed by atoms with Gasteiger partial charge in [0.15, 0.2) is 0 Å². The van der Waals surface area contributed by atoms with E-state index in [2.05, 4.69) is 0 Å². The first-order valence-electron chi connectivity index (χ1n) is 6.24. The fraction of sp³-hybridized carbons (Fsp3) is 0.917. The van der Waals surface area contributed by atoms with E-state index in [1.165, 1.54) is 6.42 Å². The predicted octanol–water partition coefficient (Wildman–Crippen LogP) is 0.733. The van der Waals surface area contributed by atoms with E-state index in [9.17, 15) is 4.79 Å². The highest BCUT2D eigenvalue weighted by atomic mass is 16.3. The average molecular weight is 228 g/mol. The second-order valence-electron chi connectivity index (χ2n) is 4.84. The predicted molar refractivity (Wildman–Crippen MR) is 63.9 cm³/mol. The van der Waals surface area contributed by atoms with Crippen LogP contribution in [0.5, 0.6) is 0 Å². The van der Waals surface area contributed by atoms with E-state index in [1.54, 1.807) is 0 Å². The Morgan fingerprint density at radius 1 is 1.50 bits per heavy atom. The standard InChI is InChI=1S/C12H24N2O2/c1-9(10(2)13)12(16)14(7-4-8-15)11-5-3-6-11/h9-11,15H,3-8,13H2,1-2H3. The molecule has 1 aliphatic carbocycles. The minimum atomic E-state index is -0.126. The fourth-order valence-corrected chi connectivity index (χ4v) is 1.90. The number of nitrogens with zero attached hydrogens (tertiary/aromatic N) is 1. The summed E-state index contributed by atoms with van der Waals surface area (Å²) in [6.07, 6.45) is 4.07. The van der Waals surface area contributed by atoms with E-state index < -0.39 is 0 Å². The van der Waals surface area contributed by atoms with Gasteiger partial charge in [0.25, 0.3) is 0 Å². The first kappa shape index (κ1) is 13.5. The van der Waals surface area contributed by atoms with Crippen LogP contribution in [0.25, 0.3) is 0 Å². The molecule has 0 aliphatic heterocycles. The lowest BCUT2D eigenvalue weighted by Crippen LogP contribution is -2.49. The molecule has 0 heterocycles. The molecule has 4 nitrogen and oxygen atoms in total. The Morgan fingerprint density at radius 2 is 2.12 bits per heavy atom. The van der Waals surface area contributed by atoms with Gasteiger partial charge in [-0.25, -0.2) is 0 Å². The largest absolute Gasteiger partial charge is 0.396 e. The first-order chi connectivity index (χ1) is 7.57. The monoisotopic (exact) mass is 228 g/mol. The zero-order valence-electron chi connectivity index (χ0n) is 10.4. The second kappa shape index (κ2) is 6.21. The van der Waals surface area contributed by atoms with Crippen molar-refractivity contribution in [3.8, 4) is 0 Å². The molecule has 16 heavy (non-hydrogen) atoms. The minimum Gasteiger partial charge on any atom is -0.396 e. The molecule has 0 radical (unpaired) electrons. The first-order valence-corrected chi connectivity index (χ1v) is 6.24. The van der Waals surface area contributed by atoms with Crippen LogP contribution in [0, 0.1) is 5.92 Å². The SMILES string of the molecule is CC(N)C(C)C(=O)N(CCCO)C1CCC1. The van der Waals surface area contributed by atoms with Crippen molar-refractivity contribution >= 4 is 5.91 Å². The maximum absolute atomic E-state index is 12.2. The molecule has 1 fully saturated rings. The second-order valence-corrected chi connectivity index (χ2v) is 4.84. The van der Waals surface area contributed by atoms with Crippen molar-refractivity contribution in [2.24, 2.45) is 11.7 Å². The summed E-state index contributed by atoms with van der Waals surface area (Å²) in [6, 6.07) is 0.282. The number of amides is 1. The molecule has 3 N–H and O–H groups in total. The van der Waals surface area contributed by atoms with E-state index in [1.807, 2.05) is 18.7 Å². The van der Waals surface area contributed by atoms with Crippen LogP contribution in [-0.2, 0) is 4.79 Å². The summed E-state index contributed by atoms with van der Waals surface area (Å²) in [5.41, 5.74) is 5.77. The normalized spacial score (nSPS) is 20.0. The lowest BCUT2D eigenvalue weighted by molar-refractivity contribution is -0.139. The highest BCUT2D eigenvalue weighted by Gasteiger charge is 2.31. The highest BCUT2D eigenvalue weighted by Crippen LogP contribution is 2.26. The number of aliphatic hydroxyl groups is 1. The van der Waals surface area contributed by atoms with Gasteiger partial charge in [0.05, 0.1) is 5.92 Å². The van der Waals surface area contributed by atoms with Gasteiger partial charge in [0, 0.05) is 25.2 Å². The minimum absolute atomic E-state index is 0.107. The Morgan fingerprint density at radius 3 is 2.50 bits per heavy atom. The number of carbonyl (C=O) groups is 1. The zero-order chi connectivity index (χ0) is 12.1. The summed E-state index contributed by atoms with van der Waals surface area (Å²) >= 11 is 0. The Hall–Kier alpha value is -0.610. The molecule has 2 atom stereocenters. The van der Waals surface area contributed by atoms with E-state index in [0.717, 1.165) is 12.8 Å². The van der Waals surface area contributed by atoms with Crippen LogP contribution in [0.1, 0.15) is 39.5 Å². The third kappa shape index (κ3) is 3.19. The molecule has 0 spiro atoms. The number of rotatable bonds is 6. The van der Waals surface area contributed by atoms with E-state index in [-0.39, 0.29) is 24.5 Å². The number of hydrogen-bond acceptors (Lipinski definition) is 3. The number of carbonyl (C=O) groups excluding carboxylic acids is 1. The van der Waals surface area contributed by atoms with Crippen LogP contribution >= 0.6 is 0 Å². The molecule has 0 saturated heterocycles. The van der Waals surface area contributed by atoms with Crippen molar-refractivity contribution in [2.45, 2.75) is 51.6 Å². The molecule has 4 heteroatoms. The third-order valence-corrected chi connectivity index (χ3v) is 3.53. The van der Waals surface area contributed by atoms with Crippen molar-refractivity contribution < 1.29 is 9.90 Å². The summed E-state index contributed by atoms with van der Waals surface area (Å²) in [4.78, 5) is 14.1. The molecule has 2 unspecified atom stereocenters. The summed E-state index contributed by atoms with van der Waals surface area (Å²) < 4.78 is 0. The van der Waals surface area contributed by atoms with E-state index in [4.69, 9.17) is 10.8 Å². The van der Waals surface area contributed by atoms with Crippen LogP contribution in [0.15, 0.2) is 0 Å². The highest BCUT2D eigenvalue weighted by molar-refractivity contribution is 5.79.